The Morgan fingerprint density at radius 2 is 2.07 bits per heavy atom. The van der Waals surface area contributed by atoms with Crippen molar-refractivity contribution >= 4 is 17.2 Å². The van der Waals surface area contributed by atoms with Gasteiger partial charge in [0.25, 0.3) is 5.91 Å². The summed E-state index contributed by atoms with van der Waals surface area (Å²) in [6.45, 7) is 0. The van der Waals surface area contributed by atoms with Crippen molar-refractivity contribution in [1.29, 1.82) is 0 Å². The Balaban J connectivity index is 2.09. The summed E-state index contributed by atoms with van der Waals surface area (Å²) in [7, 11) is 0. The Bertz CT molecular complexity index is 430. The largest absolute Gasteiger partial charge is 0.321 e. The van der Waals surface area contributed by atoms with Crippen molar-refractivity contribution in [2.45, 2.75) is 12.8 Å². The summed E-state index contributed by atoms with van der Waals surface area (Å²) in [6.07, 6.45) is 4.58. The van der Waals surface area contributed by atoms with Gasteiger partial charge in [-0.2, -0.15) is 0 Å². The van der Waals surface area contributed by atoms with E-state index in [-0.39, 0.29) is 5.91 Å². The summed E-state index contributed by atoms with van der Waals surface area (Å²) in [5, 5.41) is 2.87. The molecule has 0 unspecified atom stereocenters. The lowest BCUT2D eigenvalue weighted by Gasteiger charge is -1.95. The maximum atomic E-state index is 11.6. The van der Waals surface area contributed by atoms with Gasteiger partial charge in [-0.15, -0.1) is 0 Å². The van der Waals surface area contributed by atoms with Crippen molar-refractivity contribution in [1.82, 2.24) is 0 Å². The molecule has 1 aliphatic carbocycles. The molecule has 2 aliphatic rings. The van der Waals surface area contributed by atoms with Crippen molar-refractivity contribution in [3.05, 3.63) is 35.9 Å². The smallest absolute Gasteiger partial charge is 0.256 e. The predicted molar refractivity (Wildman–Crippen MR) is 55.8 cm³/mol. The third-order valence-electron chi connectivity index (χ3n) is 2.73. The average Bonchev–Trinajstić information content (AvgIpc) is 2.93. The highest BCUT2D eigenvalue weighted by Gasteiger charge is 2.27. The molecule has 0 radical (unpaired) electrons. The van der Waals surface area contributed by atoms with E-state index in [2.05, 4.69) is 11.4 Å². The number of fused-ring (bicyclic) bond motifs is 1. The van der Waals surface area contributed by atoms with E-state index >= 15 is 0 Å². The number of nitrogens with one attached hydrogen (secondary N) is 1. The number of allylic oxidation sites excluding steroid dienone is 1. The summed E-state index contributed by atoms with van der Waals surface area (Å²) >= 11 is 0. The van der Waals surface area contributed by atoms with Crippen molar-refractivity contribution in [2.75, 3.05) is 5.32 Å². The second-order valence-corrected chi connectivity index (χ2v) is 3.92. The molecule has 1 aliphatic heterocycles. The zero-order valence-corrected chi connectivity index (χ0v) is 7.79. The van der Waals surface area contributed by atoms with Gasteiger partial charge in [-0.1, -0.05) is 24.3 Å². The fourth-order valence-corrected chi connectivity index (χ4v) is 1.80. The molecular weight excluding hydrogens is 174 g/mol. The first kappa shape index (κ1) is 7.80. The molecule has 1 saturated carbocycles. The van der Waals surface area contributed by atoms with Crippen LogP contribution in [0.15, 0.2) is 30.3 Å². The summed E-state index contributed by atoms with van der Waals surface area (Å²) < 4.78 is 0. The van der Waals surface area contributed by atoms with E-state index in [4.69, 9.17) is 0 Å². The van der Waals surface area contributed by atoms with E-state index in [9.17, 15) is 4.79 Å². The fourth-order valence-electron chi connectivity index (χ4n) is 1.80. The number of hydrogen-bond donors (Lipinski definition) is 1. The van der Waals surface area contributed by atoms with E-state index < -0.39 is 0 Å². The van der Waals surface area contributed by atoms with Crippen LogP contribution in [0.1, 0.15) is 18.4 Å². The van der Waals surface area contributed by atoms with Gasteiger partial charge < -0.3 is 5.32 Å². The van der Waals surface area contributed by atoms with Gasteiger partial charge in [0.15, 0.2) is 0 Å². The molecule has 2 heteroatoms. The molecule has 1 amide bonds. The lowest BCUT2D eigenvalue weighted by Crippen LogP contribution is -2.03. The molecule has 1 N–H and O–H groups in total. The molecular formula is C12H11NO. The standard InChI is InChI=1S/C12H11NO/c14-12-10(7-8-5-6-8)9-3-1-2-4-11(9)13-12/h1-4,7-8H,5-6H2,(H,13,14)/b10-7-. The van der Waals surface area contributed by atoms with E-state index in [1.807, 2.05) is 24.3 Å². The predicted octanol–water partition coefficient (Wildman–Crippen LogP) is 2.43. The van der Waals surface area contributed by atoms with Gasteiger partial charge in [-0.3, -0.25) is 4.79 Å². The van der Waals surface area contributed by atoms with Gasteiger partial charge in [0.1, 0.15) is 0 Å². The van der Waals surface area contributed by atoms with Crippen LogP contribution in [0.5, 0.6) is 0 Å². The van der Waals surface area contributed by atoms with Crippen molar-refractivity contribution in [2.24, 2.45) is 5.92 Å². The molecule has 14 heavy (non-hydrogen) atoms. The Hall–Kier alpha value is -1.57. The number of carbonyl (C=O) groups excluding carboxylic acids is 1. The van der Waals surface area contributed by atoms with Crippen LogP contribution in [0.3, 0.4) is 0 Å². The molecule has 0 saturated heterocycles. The van der Waals surface area contributed by atoms with Gasteiger partial charge in [-0.25, -0.2) is 0 Å². The summed E-state index contributed by atoms with van der Waals surface area (Å²) in [6, 6.07) is 7.86. The van der Waals surface area contributed by atoms with Gasteiger partial charge in [0.2, 0.25) is 0 Å². The zero-order chi connectivity index (χ0) is 9.54. The minimum absolute atomic E-state index is 0.0538. The van der Waals surface area contributed by atoms with Gasteiger partial charge in [0, 0.05) is 16.8 Å². The zero-order valence-electron chi connectivity index (χ0n) is 7.79. The lowest BCUT2D eigenvalue weighted by molar-refractivity contribution is -0.110. The van der Waals surface area contributed by atoms with Crippen molar-refractivity contribution in [3.63, 3.8) is 0 Å². The maximum Gasteiger partial charge on any atom is 0.256 e. The maximum absolute atomic E-state index is 11.6. The molecule has 3 rings (SSSR count). The second-order valence-electron chi connectivity index (χ2n) is 3.92. The SMILES string of the molecule is O=C1Nc2ccccc2/C1=C/C1CC1. The van der Waals surface area contributed by atoms with E-state index in [0.717, 1.165) is 16.8 Å². The number of para-hydroxylation sites is 1. The second kappa shape index (κ2) is 2.71. The van der Waals surface area contributed by atoms with E-state index in [0.29, 0.717) is 5.92 Å². The Labute approximate surface area is 82.6 Å². The quantitative estimate of drug-likeness (QED) is 0.669. The molecule has 0 atom stereocenters. The van der Waals surface area contributed by atoms with Crippen LogP contribution in [-0.2, 0) is 4.79 Å². The minimum Gasteiger partial charge on any atom is -0.321 e. The molecule has 1 aromatic rings. The molecule has 70 valence electrons. The first-order chi connectivity index (χ1) is 6.84. The van der Waals surface area contributed by atoms with E-state index in [1.54, 1.807) is 0 Å². The summed E-state index contributed by atoms with van der Waals surface area (Å²) in [4.78, 5) is 11.6. The monoisotopic (exact) mass is 185 g/mol. The Morgan fingerprint density at radius 1 is 1.29 bits per heavy atom. The highest BCUT2D eigenvalue weighted by Crippen LogP contribution is 2.37. The Kier molecular flexibility index (Phi) is 1.51. The van der Waals surface area contributed by atoms with Crippen LogP contribution in [-0.4, -0.2) is 5.91 Å². The molecule has 0 spiro atoms. The van der Waals surface area contributed by atoms with Crippen LogP contribution in [0, 0.1) is 5.92 Å². The summed E-state index contributed by atoms with van der Waals surface area (Å²) in [5.74, 6) is 0.694. The lowest BCUT2D eigenvalue weighted by atomic mass is 10.1. The molecule has 1 heterocycles. The third-order valence-corrected chi connectivity index (χ3v) is 2.73. The molecule has 0 aromatic heterocycles. The fraction of sp³-hybridized carbons (Fsp3) is 0.250. The van der Waals surface area contributed by atoms with Gasteiger partial charge in [0.05, 0.1) is 0 Å². The average molecular weight is 185 g/mol. The van der Waals surface area contributed by atoms with Crippen molar-refractivity contribution in [3.8, 4) is 0 Å². The normalized spacial score (nSPS) is 22.3. The highest BCUT2D eigenvalue weighted by molar-refractivity contribution is 6.31. The Morgan fingerprint density at radius 3 is 2.86 bits per heavy atom. The first-order valence-electron chi connectivity index (χ1n) is 4.97. The van der Waals surface area contributed by atoms with Gasteiger partial charge >= 0.3 is 0 Å². The molecule has 1 fully saturated rings. The van der Waals surface area contributed by atoms with Crippen LogP contribution < -0.4 is 5.32 Å². The van der Waals surface area contributed by atoms with Crippen molar-refractivity contribution < 1.29 is 4.79 Å². The van der Waals surface area contributed by atoms with Crippen LogP contribution in [0.4, 0.5) is 5.69 Å². The topological polar surface area (TPSA) is 29.1 Å². The highest BCUT2D eigenvalue weighted by atomic mass is 16.2. The number of anilines is 1. The van der Waals surface area contributed by atoms with Crippen LogP contribution in [0.25, 0.3) is 5.57 Å². The number of rotatable bonds is 1. The number of amides is 1. The first-order valence-corrected chi connectivity index (χ1v) is 4.97. The summed E-state index contributed by atoms with van der Waals surface area (Å²) in [5.41, 5.74) is 2.87. The number of hydrogen-bond acceptors (Lipinski definition) is 1. The number of carbonyl (C=O) groups is 1. The van der Waals surface area contributed by atoms with Gasteiger partial charge in [-0.05, 0) is 24.8 Å². The molecule has 0 bridgehead atoms. The van der Waals surface area contributed by atoms with Crippen LogP contribution in [0.2, 0.25) is 0 Å². The van der Waals surface area contributed by atoms with Crippen LogP contribution >= 0.6 is 0 Å². The third kappa shape index (κ3) is 1.15. The molecule has 2 nitrogen and oxygen atoms in total. The van der Waals surface area contributed by atoms with E-state index in [1.165, 1.54) is 12.8 Å². The molecule has 1 aromatic carbocycles. The minimum atomic E-state index is 0.0538. The number of benzene rings is 1.